The standard InChI is InChI=1S/C14H19F3O5S/c15-14(16,17)11(23(19,20)21)4-12(18)22-13-5-8-1-9(6-13)3-10(2-8)7-13/h8-11H,1-7H2,(H,19,20,21)/p-1. The van der Waals surface area contributed by atoms with Gasteiger partial charge in [-0.2, -0.15) is 13.2 Å². The minimum atomic E-state index is -5.66. The Balaban J connectivity index is 1.70. The molecule has 0 saturated heterocycles. The van der Waals surface area contributed by atoms with Gasteiger partial charge in [-0.1, -0.05) is 0 Å². The van der Waals surface area contributed by atoms with E-state index in [2.05, 4.69) is 0 Å². The van der Waals surface area contributed by atoms with Crippen molar-refractivity contribution in [2.75, 3.05) is 0 Å². The summed E-state index contributed by atoms with van der Waals surface area (Å²) in [6.45, 7) is 0. The van der Waals surface area contributed by atoms with Crippen LogP contribution in [0.15, 0.2) is 0 Å². The molecule has 0 heterocycles. The molecule has 4 fully saturated rings. The summed E-state index contributed by atoms with van der Waals surface area (Å²) in [6, 6.07) is 0. The van der Waals surface area contributed by atoms with E-state index in [-0.39, 0.29) is 0 Å². The Labute approximate surface area is 132 Å². The molecule has 5 nitrogen and oxygen atoms in total. The van der Waals surface area contributed by atoms with Crippen LogP contribution in [-0.2, 0) is 19.6 Å². The first-order chi connectivity index (χ1) is 10.5. The first-order valence-corrected chi connectivity index (χ1v) is 9.17. The summed E-state index contributed by atoms with van der Waals surface area (Å²) in [5.41, 5.74) is -0.755. The van der Waals surface area contributed by atoms with Crippen molar-refractivity contribution in [1.82, 2.24) is 0 Å². The molecule has 4 aliphatic carbocycles. The third kappa shape index (κ3) is 3.50. The minimum absolute atomic E-state index is 0.427. The lowest BCUT2D eigenvalue weighted by molar-refractivity contribution is -0.191. The first kappa shape index (κ1) is 17.0. The highest BCUT2D eigenvalue weighted by Crippen LogP contribution is 2.57. The molecule has 0 radical (unpaired) electrons. The lowest BCUT2D eigenvalue weighted by Gasteiger charge is -2.55. The van der Waals surface area contributed by atoms with Gasteiger partial charge in [0.05, 0.1) is 6.42 Å². The SMILES string of the molecule is O=C(CC(C(F)(F)F)S(=O)(=O)[O-])OC12CC3CC(CC(C3)C1)C2. The van der Waals surface area contributed by atoms with E-state index in [1.165, 1.54) is 0 Å². The zero-order valence-corrected chi connectivity index (χ0v) is 13.2. The predicted octanol–water partition coefficient (Wildman–Crippen LogP) is 2.36. The fourth-order valence-corrected chi connectivity index (χ4v) is 5.64. The number of halogens is 3. The van der Waals surface area contributed by atoms with E-state index in [1.807, 2.05) is 0 Å². The van der Waals surface area contributed by atoms with Crippen molar-refractivity contribution in [3.05, 3.63) is 0 Å². The number of hydrogen-bond acceptors (Lipinski definition) is 5. The van der Waals surface area contributed by atoms with Crippen LogP contribution < -0.4 is 0 Å². The van der Waals surface area contributed by atoms with Gasteiger partial charge < -0.3 is 9.29 Å². The van der Waals surface area contributed by atoms with Crippen molar-refractivity contribution >= 4 is 16.1 Å². The van der Waals surface area contributed by atoms with Gasteiger partial charge in [0.2, 0.25) is 0 Å². The molecule has 0 amide bonds. The Morgan fingerprint density at radius 1 is 1.13 bits per heavy atom. The molecule has 0 N–H and O–H groups in total. The van der Waals surface area contributed by atoms with E-state index in [1.54, 1.807) is 0 Å². The fourth-order valence-electron chi connectivity index (χ4n) is 4.97. The number of alkyl halides is 3. The Bertz CT molecular complexity index is 563. The van der Waals surface area contributed by atoms with Crippen LogP contribution in [0.25, 0.3) is 0 Å². The first-order valence-electron chi connectivity index (χ1n) is 7.70. The van der Waals surface area contributed by atoms with Gasteiger partial charge in [0.1, 0.15) is 15.7 Å². The third-order valence-electron chi connectivity index (χ3n) is 5.38. The molecule has 0 aromatic carbocycles. The summed E-state index contributed by atoms with van der Waals surface area (Å²) in [7, 11) is -5.66. The molecule has 9 heteroatoms. The van der Waals surface area contributed by atoms with Crippen LogP contribution in [0.3, 0.4) is 0 Å². The Kier molecular flexibility index (Phi) is 3.95. The van der Waals surface area contributed by atoms with E-state index in [9.17, 15) is 30.9 Å². The van der Waals surface area contributed by atoms with Gasteiger partial charge in [0, 0.05) is 0 Å². The van der Waals surface area contributed by atoms with Crippen LogP contribution in [0.4, 0.5) is 13.2 Å². The summed E-state index contributed by atoms with van der Waals surface area (Å²) in [5.74, 6) is 0.0378. The summed E-state index contributed by atoms with van der Waals surface area (Å²) in [5, 5.41) is -3.24. The number of carbonyl (C=O) groups is 1. The highest BCUT2D eigenvalue weighted by atomic mass is 32.2. The van der Waals surface area contributed by atoms with Crippen LogP contribution in [-0.4, -0.2) is 36.0 Å². The van der Waals surface area contributed by atoms with Crippen LogP contribution in [0, 0.1) is 17.8 Å². The average molecular weight is 355 g/mol. The zero-order chi connectivity index (χ0) is 17.0. The van der Waals surface area contributed by atoms with Gasteiger partial charge in [0.15, 0.2) is 5.25 Å². The van der Waals surface area contributed by atoms with Crippen molar-refractivity contribution < 1.29 is 35.7 Å². The quantitative estimate of drug-likeness (QED) is 0.571. The van der Waals surface area contributed by atoms with E-state index in [0.717, 1.165) is 19.3 Å². The third-order valence-corrected chi connectivity index (χ3v) is 6.51. The van der Waals surface area contributed by atoms with Crippen molar-refractivity contribution in [2.45, 2.75) is 62.0 Å². The summed E-state index contributed by atoms with van der Waals surface area (Å²) < 4.78 is 75.8. The predicted molar refractivity (Wildman–Crippen MR) is 71.2 cm³/mol. The molecule has 0 aliphatic heterocycles. The molecule has 23 heavy (non-hydrogen) atoms. The number of rotatable bonds is 4. The maximum Gasteiger partial charge on any atom is 0.404 e. The summed E-state index contributed by atoms with van der Waals surface area (Å²) >= 11 is 0. The lowest BCUT2D eigenvalue weighted by atomic mass is 9.54. The monoisotopic (exact) mass is 355 g/mol. The van der Waals surface area contributed by atoms with E-state index < -0.39 is 39.5 Å². The Morgan fingerprint density at radius 3 is 1.91 bits per heavy atom. The molecular weight excluding hydrogens is 337 g/mol. The summed E-state index contributed by atoms with van der Waals surface area (Å²) in [6.07, 6.45) is -1.65. The maximum atomic E-state index is 12.7. The van der Waals surface area contributed by atoms with Crippen molar-refractivity contribution in [3.63, 3.8) is 0 Å². The molecule has 4 rings (SSSR count). The van der Waals surface area contributed by atoms with Gasteiger partial charge in [-0.15, -0.1) is 0 Å². The smallest absolute Gasteiger partial charge is 0.404 e. The molecule has 132 valence electrons. The highest BCUT2D eigenvalue weighted by molar-refractivity contribution is 7.86. The number of hydrogen-bond donors (Lipinski definition) is 0. The van der Waals surface area contributed by atoms with Crippen LogP contribution in [0.1, 0.15) is 44.9 Å². The summed E-state index contributed by atoms with van der Waals surface area (Å²) in [4.78, 5) is 11.9. The molecule has 4 bridgehead atoms. The molecule has 1 unspecified atom stereocenters. The molecule has 0 aromatic rings. The molecule has 4 saturated carbocycles. The van der Waals surface area contributed by atoms with Crippen molar-refractivity contribution in [1.29, 1.82) is 0 Å². The van der Waals surface area contributed by atoms with Gasteiger partial charge in [0.25, 0.3) is 0 Å². The van der Waals surface area contributed by atoms with Crippen LogP contribution >= 0.6 is 0 Å². The molecular formula is C14H18F3O5S-. The fraction of sp³-hybridized carbons (Fsp3) is 0.929. The average Bonchev–Trinajstić information content (AvgIpc) is 2.30. The highest BCUT2D eigenvalue weighted by Gasteiger charge is 2.54. The largest absolute Gasteiger partial charge is 0.747 e. The second kappa shape index (κ2) is 5.34. The van der Waals surface area contributed by atoms with Crippen LogP contribution in [0.5, 0.6) is 0 Å². The lowest BCUT2D eigenvalue weighted by Crippen LogP contribution is -2.53. The Hall–Kier alpha value is -0.830. The van der Waals surface area contributed by atoms with Gasteiger partial charge >= 0.3 is 12.1 Å². The van der Waals surface area contributed by atoms with Crippen LogP contribution in [0.2, 0.25) is 0 Å². The molecule has 0 aromatic heterocycles. The van der Waals surface area contributed by atoms with E-state index in [0.29, 0.717) is 37.0 Å². The normalized spacial score (nSPS) is 37.7. The number of carbonyl (C=O) groups excluding carboxylic acids is 1. The zero-order valence-electron chi connectivity index (χ0n) is 12.3. The number of esters is 1. The van der Waals surface area contributed by atoms with Gasteiger partial charge in [-0.25, -0.2) is 8.42 Å². The Morgan fingerprint density at radius 2 is 1.57 bits per heavy atom. The van der Waals surface area contributed by atoms with Gasteiger partial charge in [-0.3, -0.25) is 4.79 Å². The molecule has 0 spiro atoms. The topological polar surface area (TPSA) is 83.5 Å². The molecule has 1 atom stereocenters. The second-order valence-electron chi connectivity index (χ2n) is 7.30. The van der Waals surface area contributed by atoms with E-state index in [4.69, 9.17) is 4.74 Å². The van der Waals surface area contributed by atoms with Crippen molar-refractivity contribution in [2.24, 2.45) is 17.8 Å². The van der Waals surface area contributed by atoms with Gasteiger partial charge in [-0.05, 0) is 56.3 Å². The maximum absolute atomic E-state index is 12.7. The molecule has 4 aliphatic rings. The minimum Gasteiger partial charge on any atom is -0.747 e. The number of ether oxygens (including phenoxy) is 1. The second-order valence-corrected chi connectivity index (χ2v) is 8.86. The van der Waals surface area contributed by atoms with Crippen molar-refractivity contribution in [3.8, 4) is 0 Å². The van der Waals surface area contributed by atoms with E-state index >= 15 is 0 Å².